The molecule has 27 heavy (non-hydrogen) atoms. The third kappa shape index (κ3) is 3.44. The molecule has 0 saturated heterocycles. The molecule has 0 radical (unpaired) electrons. The molecule has 3 aromatic heterocycles. The van der Waals surface area contributed by atoms with Crippen LogP contribution in [-0.4, -0.2) is 31.9 Å². The number of aryl methyl sites for hydroxylation is 1. The zero-order valence-corrected chi connectivity index (χ0v) is 15.1. The van der Waals surface area contributed by atoms with E-state index in [0.29, 0.717) is 17.6 Å². The Morgan fingerprint density at radius 1 is 1.26 bits per heavy atom. The van der Waals surface area contributed by atoms with Crippen molar-refractivity contribution in [3.63, 3.8) is 0 Å². The van der Waals surface area contributed by atoms with E-state index in [1.54, 1.807) is 23.2 Å². The number of rotatable bonds is 5. The summed E-state index contributed by atoms with van der Waals surface area (Å²) in [7, 11) is 0. The monoisotopic (exact) mass is 361 g/mol. The lowest BCUT2D eigenvalue weighted by Gasteiger charge is -2.14. The molecule has 4 aromatic rings. The summed E-state index contributed by atoms with van der Waals surface area (Å²) in [6, 6.07) is 12.9. The molecule has 0 aliphatic rings. The second kappa shape index (κ2) is 7.03. The maximum atomic E-state index is 12.6. The highest BCUT2D eigenvalue weighted by Gasteiger charge is 2.14. The molecule has 1 unspecified atom stereocenters. The van der Waals surface area contributed by atoms with Gasteiger partial charge in [-0.3, -0.25) is 4.79 Å². The summed E-state index contributed by atoms with van der Waals surface area (Å²) in [5, 5.41) is 11.3. The molecule has 0 fully saturated rings. The van der Waals surface area contributed by atoms with E-state index in [2.05, 4.69) is 20.6 Å². The van der Waals surface area contributed by atoms with Gasteiger partial charge in [0.15, 0.2) is 5.65 Å². The van der Waals surface area contributed by atoms with Gasteiger partial charge in [-0.05, 0) is 61.9 Å². The molecule has 1 N–H and O–H groups in total. The van der Waals surface area contributed by atoms with Crippen LogP contribution in [0.4, 0.5) is 0 Å². The van der Waals surface area contributed by atoms with E-state index in [-0.39, 0.29) is 11.9 Å². The van der Waals surface area contributed by atoms with E-state index in [4.69, 9.17) is 4.42 Å². The van der Waals surface area contributed by atoms with Crippen LogP contribution < -0.4 is 5.32 Å². The Bertz CT molecular complexity index is 1080. The Morgan fingerprint density at radius 3 is 2.93 bits per heavy atom. The van der Waals surface area contributed by atoms with Crippen LogP contribution in [0, 0.1) is 6.92 Å². The normalized spacial score (nSPS) is 12.2. The third-order valence-corrected chi connectivity index (χ3v) is 4.36. The van der Waals surface area contributed by atoms with Crippen LogP contribution >= 0.6 is 0 Å². The van der Waals surface area contributed by atoms with E-state index in [1.807, 2.05) is 50.2 Å². The van der Waals surface area contributed by atoms with Gasteiger partial charge in [0, 0.05) is 24.2 Å². The number of nitrogens with one attached hydrogen (secondary N) is 1. The Labute approximate surface area is 156 Å². The second-order valence-corrected chi connectivity index (χ2v) is 6.51. The number of nitrogens with zero attached hydrogens (tertiary/aromatic N) is 4. The van der Waals surface area contributed by atoms with Crippen molar-refractivity contribution < 1.29 is 9.21 Å². The number of pyridine rings is 1. The highest BCUT2D eigenvalue weighted by Crippen LogP contribution is 2.19. The van der Waals surface area contributed by atoms with Crippen molar-refractivity contribution in [1.29, 1.82) is 0 Å². The highest BCUT2D eigenvalue weighted by atomic mass is 16.3. The van der Waals surface area contributed by atoms with E-state index >= 15 is 0 Å². The number of aromatic nitrogens is 4. The van der Waals surface area contributed by atoms with Crippen molar-refractivity contribution >= 4 is 17.1 Å². The van der Waals surface area contributed by atoms with Gasteiger partial charge in [-0.25, -0.2) is 4.98 Å². The van der Waals surface area contributed by atoms with Crippen LogP contribution in [0.25, 0.3) is 16.9 Å². The highest BCUT2D eigenvalue weighted by molar-refractivity contribution is 5.95. The summed E-state index contributed by atoms with van der Waals surface area (Å²) < 4.78 is 7.02. The first kappa shape index (κ1) is 17.0. The predicted octanol–water partition coefficient (Wildman–Crippen LogP) is 3.08. The molecule has 0 aliphatic heterocycles. The first-order valence-electron chi connectivity index (χ1n) is 8.72. The number of hydrogen-bond donors (Lipinski definition) is 1. The first-order valence-corrected chi connectivity index (χ1v) is 8.72. The molecule has 0 bridgehead atoms. The van der Waals surface area contributed by atoms with Gasteiger partial charge in [-0.15, -0.1) is 5.10 Å². The minimum Gasteiger partial charge on any atom is -0.469 e. The molecule has 7 heteroatoms. The molecular formula is C20H19N5O2. The Balaban J connectivity index is 1.53. The number of carbonyl (C=O) groups is 1. The standard InChI is InChI=1S/C20H19N5O2/c1-13-11-15(20(26)22-14(2)12-16-5-4-10-27-16)7-8-18(13)25-19-17(23-24-25)6-3-9-21-19/h3-11,14H,12H2,1-2H3,(H,22,26). The van der Waals surface area contributed by atoms with Crippen molar-refractivity contribution in [2.24, 2.45) is 0 Å². The summed E-state index contributed by atoms with van der Waals surface area (Å²) in [4.78, 5) is 16.9. The Morgan fingerprint density at radius 2 is 2.15 bits per heavy atom. The van der Waals surface area contributed by atoms with Crippen LogP contribution in [-0.2, 0) is 6.42 Å². The fraction of sp³-hybridized carbons (Fsp3) is 0.200. The summed E-state index contributed by atoms with van der Waals surface area (Å²) in [5.74, 6) is 0.727. The summed E-state index contributed by atoms with van der Waals surface area (Å²) in [6.45, 7) is 3.89. The van der Waals surface area contributed by atoms with Crippen LogP contribution in [0.5, 0.6) is 0 Å². The smallest absolute Gasteiger partial charge is 0.251 e. The lowest BCUT2D eigenvalue weighted by Crippen LogP contribution is -2.34. The van der Waals surface area contributed by atoms with Crippen molar-refractivity contribution in [2.45, 2.75) is 26.3 Å². The summed E-state index contributed by atoms with van der Waals surface area (Å²) >= 11 is 0. The maximum Gasteiger partial charge on any atom is 0.251 e. The fourth-order valence-corrected chi connectivity index (χ4v) is 3.05. The van der Waals surface area contributed by atoms with Gasteiger partial charge >= 0.3 is 0 Å². The van der Waals surface area contributed by atoms with Gasteiger partial charge in [-0.1, -0.05) is 5.21 Å². The maximum absolute atomic E-state index is 12.6. The van der Waals surface area contributed by atoms with Gasteiger partial charge in [-0.2, -0.15) is 4.68 Å². The molecule has 0 spiro atoms. The minimum atomic E-state index is -0.120. The molecule has 1 aromatic carbocycles. The lowest BCUT2D eigenvalue weighted by atomic mass is 10.1. The van der Waals surface area contributed by atoms with Crippen LogP contribution in [0.1, 0.15) is 28.6 Å². The van der Waals surface area contributed by atoms with Crippen molar-refractivity contribution in [2.75, 3.05) is 0 Å². The average Bonchev–Trinajstić information content (AvgIpc) is 3.31. The largest absolute Gasteiger partial charge is 0.469 e. The number of fused-ring (bicyclic) bond motifs is 1. The number of benzene rings is 1. The Kier molecular flexibility index (Phi) is 4.42. The van der Waals surface area contributed by atoms with Crippen LogP contribution in [0.3, 0.4) is 0 Å². The van der Waals surface area contributed by atoms with Crippen molar-refractivity contribution in [3.8, 4) is 5.69 Å². The zero-order valence-electron chi connectivity index (χ0n) is 15.1. The zero-order chi connectivity index (χ0) is 18.8. The molecule has 136 valence electrons. The molecular weight excluding hydrogens is 342 g/mol. The molecule has 7 nitrogen and oxygen atoms in total. The van der Waals surface area contributed by atoms with Crippen LogP contribution in [0.2, 0.25) is 0 Å². The molecule has 1 amide bonds. The summed E-state index contributed by atoms with van der Waals surface area (Å²) in [6.07, 6.45) is 3.99. The van der Waals surface area contributed by atoms with Gasteiger partial charge in [0.1, 0.15) is 11.3 Å². The van der Waals surface area contributed by atoms with Crippen LogP contribution in [0.15, 0.2) is 59.3 Å². The predicted molar refractivity (Wildman–Crippen MR) is 101 cm³/mol. The molecule has 1 atom stereocenters. The SMILES string of the molecule is Cc1cc(C(=O)NC(C)Cc2ccco2)ccc1-n1nnc2cccnc21. The third-order valence-electron chi connectivity index (χ3n) is 4.36. The molecule has 3 heterocycles. The first-order chi connectivity index (χ1) is 13.1. The average molecular weight is 361 g/mol. The molecule has 0 aliphatic carbocycles. The topological polar surface area (TPSA) is 85.8 Å². The van der Waals surface area contributed by atoms with E-state index in [1.165, 1.54) is 0 Å². The number of furan rings is 1. The van der Waals surface area contributed by atoms with Gasteiger partial charge in [0.25, 0.3) is 5.91 Å². The quantitative estimate of drug-likeness (QED) is 0.590. The van der Waals surface area contributed by atoms with E-state index in [9.17, 15) is 4.79 Å². The minimum absolute atomic E-state index is 0.0351. The number of amides is 1. The Hall–Kier alpha value is -3.48. The van der Waals surface area contributed by atoms with E-state index < -0.39 is 0 Å². The van der Waals surface area contributed by atoms with E-state index in [0.717, 1.165) is 22.5 Å². The summed E-state index contributed by atoms with van der Waals surface area (Å²) in [5.41, 5.74) is 3.77. The second-order valence-electron chi connectivity index (χ2n) is 6.51. The van der Waals surface area contributed by atoms with Crippen molar-refractivity contribution in [3.05, 3.63) is 71.8 Å². The number of carbonyl (C=O) groups excluding carboxylic acids is 1. The fourth-order valence-electron chi connectivity index (χ4n) is 3.05. The van der Waals surface area contributed by atoms with Gasteiger partial charge in [0.2, 0.25) is 0 Å². The number of hydrogen-bond acceptors (Lipinski definition) is 5. The van der Waals surface area contributed by atoms with Crippen molar-refractivity contribution in [1.82, 2.24) is 25.3 Å². The lowest BCUT2D eigenvalue weighted by molar-refractivity contribution is 0.0939. The molecule has 4 rings (SSSR count). The van der Waals surface area contributed by atoms with Gasteiger partial charge in [0.05, 0.1) is 12.0 Å². The van der Waals surface area contributed by atoms with Gasteiger partial charge < -0.3 is 9.73 Å². The molecule has 0 saturated carbocycles.